The minimum absolute atomic E-state index is 0.122. The molecule has 1 aromatic heterocycles. The number of carbonyl (C=O) groups excluding carboxylic acids is 1. The van der Waals surface area contributed by atoms with Crippen LogP contribution in [0.15, 0.2) is 47.3 Å². The molecule has 6 nitrogen and oxygen atoms in total. The van der Waals surface area contributed by atoms with Crippen LogP contribution in [0.3, 0.4) is 0 Å². The number of aromatic amines is 1. The van der Waals surface area contributed by atoms with E-state index in [1.807, 2.05) is 23.1 Å². The summed E-state index contributed by atoms with van der Waals surface area (Å²) in [5, 5.41) is 6.14. The third-order valence-electron chi connectivity index (χ3n) is 4.02. The Labute approximate surface area is 134 Å². The highest BCUT2D eigenvalue weighted by Crippen LogP contribution is 2.10. The Bertz CT molecular complexity index is 694. The second-order valence-corrected chi connectivity index (χ2v) is 5.71. The van der Waals surface area contributed by atoms with Crippen molar-refractivity contribution >= 4 is 5.91 Å². The highest BCUT2D eigenvalue weighted by molar-refractivity contribution is 5.92. The van der Waals surface area contributed by atoms with Gasteiger partial charge in [-0.2, -0.15) is 5.10 Å². The Morgan fingerprint density at radius 3 is 2.61 bits per heavy atom. The Balaban J connectivity index is 1.60. The number of H-pyrrole nitrogens is 1. The van der Waals surface area contributed by atoms with Crippen molar-refractivity contribution in [1.82, 2.24) is 20.0 Å². The summed E-state index contributed by atoms with van der Waals surface area (Å²) in [4.78, 5) is 27.7. The van der Waals surface area contributed by atoms with Crippen molar-refractivity contribution in [2.45, 2.75) is 13.0 Å². The standard InChI is InChI=1S/C17H20N4O2/c22-16-8-7-15(18-19-16)17(23)21-10-4-9-20(11-12-21)13-14-5-2-1-3-6-14/h1-3,5-8H,4,9-13H2,(H,19,22). The molecule has 1 fully saturated rings. The maximum absolute atomic E-state index is 12.5. The molecule has 2 aromatic rings. The minimum Gasteiger partial charge on any atom is -0.336 e. The lowest BCUT2D eigenvalue weighted by Crippen LogP contribution is -2.36. The minimum atomic E-state index is -0.300. The number of hydrogen-bond acceptors (Lipinski definition) is 4. The molecule has 3 rings (SSSR count). The third-order valence-corrected chi connectivity index (χ3v) is 4.02. The van der Waals surface area contributed by atoms with E-state index < -0.39 is 0 Å². The first kappa shape index (κ1) is 15.4. The summed E-state index contributed by atoms with van der Waals surface area (Å²) in [6.45, 7) is 4.10. The second kappa shape index (κ2) is 7.19. The molecule has 0 saturated carbocycles. The lowest BCUT2D eigenvalue weighted by Gasteiger charge is -2.21. The molecular formula is C17H20N4O2. The van der Waals surface area contributed by atoms with Crippen molar-refractivity contribution in [2.24, 2.45) is 0 Å². The molecule has 120 valence electrons. The van der Waals surface area contributed by atoms with Crippen molar-refractivity contribution < 1.29 is 4.79 Å². The smallest absolute Gasteiger partial charge is 0.274 e. The summed E-state index contributed by atoms with van der Waals surface area (Å²) in [7, 11) is 0. The topological polar surface area (TPSA) is 69.3 Å². The van der Waals surface area contributed by atoms with Crippen molar-refractivity contribution in [1.29, 1.82) is 0 Å². The second-order valence-electron chi connectivity index (χ2n) is 5.71. The van der Waals surface area contributed by atoms with E-state index in [1.165, 1.54) is 17.7 Å². The Kier molecular flexibility index (Phi) is 4.83. The van der Waals surface area contributed by atoms with Crippen molar-refractivity contribution in [3.8, 4) is 0 Å². The van der Waals surface area contributed by atoms with Crippen LogP contribution in [0.25, 0.3) is 0 Å². The van der Waals surface area contributed by atoms with Crippen LogP contribution in [0.2, 0.25) is 0 Å². The van der Waals surface area contributed by atoms with Gasteiger partial charge in [0.25, 0.3) is 11.5 Å². The Morgan fingerprint density at radius 1 is 1.04 bits per heavy atom. The fraction of sp³-hybridized carbons (Fsp3) is 0.353. The van der Waals surface area contributed by atoms with Gasteiger partial charge in [0.2, 0.25) is 0 Å². The highest BCUT2D eigenvalue weighted by atomic mass is 16.2. The zero-order valence-corrected chi connectivity index (χ0v) is 12.9. The molecule has 0 radical (unpaired) electrons. The predicted molar refractivity (Wildman–Crippen MR) is 87.1 cm³/mol. The molecule has 6 heteroatoms. The largest absolute Gasteiger partial charge is 0.336 e. The molecule has 2 heterocycles. The first-order chi connectivity index (χ1) is 11.2. The zero-order valence-electron chi connectivity index (χ0n) is 12.9. The number of amides is 1. The number of carbonyl (C=O) groups is 1. The third kappa shape index (κ3) is 4.04. The number of nitrogens with zero attached hydrogens (tertiary/aromatic N) is 3. The van der Waals surface area contributed by atoms with Gasteiger partial charge in [0.15, 0.2) is 0 Å². The number of benzene rings is 1. The van der Waals surface area contributed by atoms with Crippen molar-refractivity contribution in [3.63, 3.8) is 0 Å². The molecular weight excluding hydrogens is 292 g/mol. The molecule has 1 aromatic carbocycles. The van der Waals surface area contributed by atoms with Gasteiger partial charge in [0.05, 0.1) is 0 Å². The first-order valence-electron chi connectivity index (χ1n) is 7.84. The average molecular weight is 312 g/mol. The Hall–Kier alpha value is -2.47. The summed E-state index contributed by atoms with van der Waals surface area (Å²) in [5.74, 6) is -0.122. The van der Waals surface area contributed by atoms with Gasteiger partial charge in [-0.1, -0.05) is 30.3 Å². The van der Waals surface area contributed by atoms with Gasteiger partial charge >= 0.3 is 0 Å². The maximum atomic E-state index is 12.5. The van der Waals surface area contributed by atoms with E-state index in [0.717, 1.165) is 26.1 Å². The van der Waals surface area contributed by atoms with Gasteiger partial charge in [-0.15, -0.1) is 0 Å². The van der Waals surface area contributed by atoms with Crippen LogP contribution in [-0.2, 0) is 6.54 Å². The fourth-order valence-electron chi connectivity index (χ4n) is 2.80. The predicted octanol–water partition coefficient (Wildman–Crippen LogP) is 1.12. The molecule has 0 atom stereocenters. The first-order valence-corrected chi connectivity index (χ1v) is 7.84. The molecule has 1 aliphatic rings. The molecule has 1 aliphatic heterocycles. The molecule has 23 heavy (non-hydrogen) atoms. The SMILES string of the molecule is O=C(c1ccc(=O)[nH]n1)N1CCCN(Cc2ccccc2)CC1. The summed E-state index contributed by atoms with van der Waals surface area (Å²) in [5.41, 5.74) is 1.28. The summed E-state index contributed by atoms with van der Waals surface area (Å²) >= 11 is 0. The zero-order chi connectivity index (χ0) is 16.1. The molecule has 0 aliphatic carbocycles. The van der Waals surface area contributed by atoms with E-state index in [4.69, 9.17) is 0 Å². The van der Waals surface area contributed by atoms with Gasteiger partial charge in [-0.25, -0.2) is 5.10 Å². The number of aromatic nitrogens is 2. The van der Waals surface area contributed by atoms with E-state index >= 15 is 0 Å². The molecule has 0 bridgehead atoms. The molecule has 1 N–H and O–H groups in total. The molecule has 0 unspecified atom stereocenters. The van der Waals surface area contributed by atoms with E-state index in [-0.39, 0.29) is 11.5 Å². The lowest BCUT2D eigenvalue weighted by atomic mass is 10.2. The number of rotatable bonds is 3. The lowest BCUT2D eigenvalue weighted by molar-refractivity contribution is 0.0754. The van der Waals surface area contributed by atoms with Crippen LogP contribution in [0.1, 0.15) is 22.5 Å². The monoisotopic (exact) mass is 312 g/mol. The maximum Gasteiger partial charge on any atom is 0.274 e. The van der Waals surface area contributed by atoms with Crippen LogP contribution in [0.5, 0.6) is 0 Å². The van der Waals surface area contributed by atoms with Crippen LogP contribution >= 0.6 is 0 Å². The quantitative estimate of drug-likeness (QED) is 0.922. The van der Waals surface area contributed by atoms with Crippen LogP contribution in [0.4, 0.5) is 0 Å². The van der Waals surface area contributed by atoms with E-state index in [1.54, 1.807) is 0 Å². The van der Waals surface area contributed by atoms with Crippen LogP contribution in [0, 0.1) is 0 Å². The van der Waals surface area contributed by atoms with Gasteiger partial charge < -0.3 is 4.90 Å². The molecule has 1 saturated heterocycles. The average Bonchev–Trinajstić information content (AvgIpc) is 2.81. The van der Waals surface area contributed by atoms with Gasteiger partial charge in [0.1, 0.15) is 5.69 Å². The number of nitrogens with one attached hydrogen (secondary N) is 1. The summed E-state index contributed by atoms with van der Waals surface area (Å²) in [6, 6.07) is 13.2. The Morgan fingerprint density at radius 2 is 1.87 bits per heavy atom. The molecule has 1 amide bonds. The van der Waals surface area contributed by atoms with Gasteiger partial charge in [-0.05, 0) is 18.1 Å². The summed E-state index contributed by atoms with van der Waals surface area (Å²) in [6.07, 6.45) is 0.932. The molecule has 0 spiro atoms. The number of hydrogen-bond donors (Lipinski definition) is 1. The van der Waals surface area contributed by atoms with Gasteiger partial charge in [0, 0.05) is 38.8 Å². The fourth-order valence-corrected chi connectivity index (χ4v) is 2.80. The van der Waals surface area contributed by atoms with E-state index in [2.05, 4.69) is 27.2 Å². The van der Waals surface area contributed by atoms with Crippen LogP contribution in [-0.4, -0.2) is 52.1 Å². The summed E-state index contributed by atoms with van der Waals surface area (Å²) < 4.78 is 0. The van der Waals surface area contributed by atoms with Gasteiger partial charge in [-0.3, -0.25) is 14.5 Å². The van der Waals surface area contributed by atoms with E-state index in [0.29, 0.717) is 18.8 Å². The van der Waals surface area contributed by atoms with E-state index in [9.17, 15) is 9.59 Å². The van der Waals surface area contributed by atoms with Crippen LogP contribution < -0.4 is 5.56 Å². The van der Waals surface area contributed by atoms with Crippen molar-refractivity contribution in [2.75, 3.05) is 26.2 Å². The van der Waals surface area contributed by atoms with Crippen molar-refractivity contribution in [3.05, 3.63) is 64.1 Å². The highest BCUT2D eigenvalue weighted by Gasteiger charge is 2.21. The normalized spacial score (nSPS) is 16.1.